The second-order valence-corrected chi connectivity index (χ2v) is 10.0. The number of nitrogens with two attached hydrogens (primary N) is 1. The van der Waals surface area contributed by atoms with E-state index in [9.17, 15) is 9.90 Å². The van der Waals surface area contributed by atoms with E-state index in [0.29, 0.717) is 17.2 Å². The van der Waals surface area contributed by atoms with Gasteiger partial charge in [-0.3, -0.25) is 4.79 Å². The Morgan fingerprint density at radius 3 is 2.79 bits per heavy atom. The molecule has 4 aliphatic carbocycles. The van der Waals surface area contributed by atoms with Gasteiger partial charge in [0.05, 0.1) is 6.10 Å². The van der Waals surface area contributed by atoms with Gasteiger partial charge in [0.1, 0.15) is 0 Å². The first kappa shape index (κ1) is 15.6. The van der Waals surface area contributed by atoms with Crippen molar-refractivity contribution in [2.75, 3.05) is 0 Å². The number of aliphatic hydroxyl groups is 1. The fourth-order valence-electron chi connectivity index (χ4n) is 8.10. The van der Waals surface area contributed by atoms with Gasteiger partial charge in [-0.05, 0) is 61.7 Å². The van der Waals surface area contributed by atoms with Crippen LogP contribution < -0.4 is 5.32 Å². The Morgan fingerprint density at radius 2 is 2.04 bits per heavy atom. The zero-order chi connectivity index (χ0) is 16.9. The van der Waals surface area contributed by atoms with E-state index in [-0.39, 0.29) is 17.1 Å². The molecular formula is C21H32NO2+. The third-order valence-corrected chi connectivity index (χ3v) is 9.44. The zero-order valence-corrected chi connectivity index (χ0v) is 15.3. The molecule has 0 radical (unpaired) electrons. The molecule has 4 fully saturated rings. The molecule has 0 aromatic rings. The van der Waals surface area contributed by atoms with Crippen molar-refractivity contribution in [2.24, 2.45) is 28.6 Å². The summed E-state index contributed by atoms with van der Waals surface area (Å²) in [5.41, 5.74) is 1.99. The molecule has 3 saturated carbocycles. The fourth-order valence-corrected chi connectivity index (χ4v) is 8.10. The van der Waals surface area contributed by atoms with E-state index in [1.165, 1.54) is 25.7 Å². The second-order valence-electron chi connectivity index (χ2n) is 10.0. The summed E-state index contributed by atoms with van der Waals surface area (Å²) in [6, 6.07) is 0.565. The molecule has 8 atom stereocenters. The minimum Gasteiger partial charge on any atom is -0.393 e. The topological polar surface area (TPSA) is 53.9 Å². The number of carbonyl (C=O) groups is 1. The Kier molecular flexibility index (Phi) is 2.94. The molecule has 1 aliphatic heterocycles. The summed E-state index contributed by atoms with van der Waals surface area (Å²) in [5, 5.41) is 12.5. The second kappa shape index (κ2) is 4.54. The van der Waals surface area contributed by atoms with Crippen LogP contribution in [-0.4, -0.2) is 28.6 Å². The highest BCUT2D eigenvalue weighted by atomic mass is 16.3. The molecule has 1 heterocycles. The van der Waals surface area contributed by atoms with Gasteiger partial charge in [-0.25, -0.2) is 0 Å². The number of hydrogen-bond donors (Lipinski definition) is 2. The van der Waals surface area contributed by atoms with E-state index in [4.69, 9.17) is 0 Å². The number of ketones is 1. The Hall–Kier alpha value is -0.670. The summed E-state index contributed by atoms with van der Waals surface area (Å²) in [6.45, 7) is 6.75. The molecule has 1 saturated heterocycles. The van der Waals surface area contributed by atoms with Crippen LogP contribution in [0, 0.1) is 28.6 Å². The van der Waals surface area contributed by atoms with Gasteiger partial charge in [0.2, 0.25) is 5.54 Å². The third-order valence-electron chi connectivity index (χ3n) is 9.44. The highest BCUT2D eigenvalue weighted by Crippen LogP contribution is 2.68. The zero-order valence-electron chi connectivity index (χ0n) is 15.3. The average molecular weight is 330 g/mol. The van der Waals surface area contributed by atoms with E-state index in [1.807, 2.05) is 6.92 Å². The van der Waals surface area contributed by atoms with E-state index in [2.05, 4.69) is 25.2 Å². The van der Waals surface area contributed by atoms with Crippen molar-refractivity contribution in [3.8, 4) is 0 Å². The molecule has 5 rings (SSSR count). The minimum atomic E-state index is -0.121. The average Bonchev–Trinajstić information content (AvgIpc) is 3.21. The van der Waals surface area contributed by atoms with Gasteiger partial charge < -0.3 is 10.4 Å². The SMILES string of the molecule is CC(=O)[C@@]12[NH2+][C@@H]1C[C@@H]1[C@H]3CC=C4C[C@@H](O)CC[C@]4(C)[C@H]3CC[C@@]12C. The van der Waals surface area contributed by atoms with Crippen molar-refractivity contribution < 1.29 is 15.2 Å². The first-order valence-electron chi connectivity index (χ1n) is 10.1. The Labute approximate surface area is 145 Å². The van der Waals surface area contributed by atoms with Gasteiger partial charge in [-0.2, -0.15) is 0 Å². The predicted molar refractivity (Wildman–Crippen MR) is 92.2 cm³/mol. The van der Waals surface area contributed by atoms with E-state index >= 15 is 0 Å². The van der Waals surface area contributed by atoms with Crippen molar-refractivity contribution in [3.63, 3.8) is 0 Å². The standard InChI is InChI=1S/C21H31NO2/c1-12(23)21-18(22-21)11-17-15-5-4-13-10-14(24)6-8-19(13,2)16(15)7-9-20(17,21)3/h4,14-18,22,24H,5-11H2,1-3H3/p+1/t14-,15-,16-,17+,18+,19-,20-,21+/m0/s1. The van der Waals surface area contributed by atoms with Gasteiger partial charge in [-0.1, -0.05) is 25.5 Å². The monoisotopic (exact) mass is 330 g/mol. The smallest absolute Gasteiger partial charge is 0.212 e. The van der Waals surface area contributed by atoms with Crippen LogP contribution in [0.4, 0.5) is 0 Å². The molecule has 3 heteroatoms. The predicted octanol–water partition coefficient (Wildman–Crippen LogP) is 2.19. The number of fused-ring (bicyclic) bond motifs is 7. The number of allylic oxidation sites excluding steroid dienone is 1. The number of quaternary nitrogens is 1. The lowest BCUT2D eigenvalue weighted by atomic mass is 9.46. The van der Waals surface area contributed by atoms with Crippen LogP contribution in [0.1, 0.15) is 65.7 Å². The largest absolute Gasteiger partial charge is 0.393 e. The number of aliphatic hydroxyl groups excluding tert-OH is 1. The van der Waals surface area contributed by atoms with E-state index in [0.717, 1.165) is 37.0 Å². The summed E-state index contributed by atoms with van der Waals surface area (Å²) in [6.07, 6.45) is 10.3. The molecule has 0 aromatic carbocycles. The van der Waals surface area contributed by atoms with Crippen LogP contribution in [0.5, 0.6) is 0 Å². The normalized spacial score (nSPS) is 58.0. The summed E-state index contributed by atoms with van der Waals surface area (Å²) >= 11 is 0. The molecule has 0 bridgehead atoms. The van der Waals surface area contributed by atoms with Gasteiger partial charge in [-0.15, -0.1) is 0 Å². The number of piperidine rings is 1. The quantitative estimate of drug-likeness (QED) is 0.572. The Morgan fingerprint density at radius 1 is 1.25 bits per heavy atom. The third kappa shape index (κ3) is 1.60. The van der Waals surface area contributed by atoms with Crippen molar-refractivity contribution in [3.05, 3.63) is 11.6 Å². The summed E-state index contributed by atoms with van der Waals surface area (Å²) in [7, 11) is 0. The fraction of sp³-hybridized carbons (Fsp3) is 0.857. The minimum absolute atomic E-state index is 0.0731. The molecule has 24 heavy (non-hydrogen) atoms. The summed E-state index contributed by atoms with van der Waals surface area (Å²) in [4.78, 5) is 12.5. The molecule has 3 N–H and O–H groups in total. The van der Waals surface area contributed by atoms with Crippen molar-refractivity contribution in [2.45, 2.75) is 83.4 Å². The van der Waals surface area contributed by atoms with Crippen LogP contribution in [0.25, 0.3) is 0 Å². The Balaban J connectivity index is 1.51. The van der Waals surface area contributed by atoms with Crippen LogP contribution in [-0.2, 0) is 4.79 Å². The van der Waals surface area contributed by atoms with Crippen LogP contribution in [0.3, 0.4) is 0 Å². The molecule has 0 aromatic heterocycles. The van der Waals surface area contributed by atoms with Crippen molar-refractivity contribution in [1.82, 2.24) is 0 Å². The molecule has 5 aliphatic rings. The van der Waals surface area contributed by atoms with E-state index < -0.39 is 0 Å². The van der Waals surface area contributed by atoms with Crippen LogP contribution in [0.2, 0.25) is 0 Å². The van der Waals surface area contributed by atoms with Crippen LogP contribution in [0.15, 0.2) is 11.6 Å². The van der Waals surface area contributed by atoms with Gasteiger partial charge >= 0.3 is 0 Å². The molecule has 0 amide bonds. The summed E-state index contributed by atoms with van der Waals surface area (Å²) in [5.74, 6) is 2.67. The van der Waals surface area contributed by atoms with Crippen LogP contribution >= 0.6 is 0 Å². The number of carbonyl (C=O) groups excluding carboxylic acids is 1. The number of rotatable bonds is 1. The number of Topliss-reactive ketones (excluding diaryl/α,β-unsaturated/α-hetero) is 1. The maximum Gasteiger partial charge on any atom is 0.212 e. The summed E-state index contributed by atoms with van der Waals surface area (Å²) < 4.78 is 0. The molecule has 0 spiro atoms. The molecule has 3 nitrogen and oxygen atoms in total. The molecular weight excluding hydrogens is 298 g/mol. The van der Waals surface area contributed by atoms with E-state index in [1.54, 1.807) is 5.57 Å². The first-order chi connectivity index (χ1) is 11.3. The van der Waals surface area contributed by atoms with Gasteiger partial charge in [0.25, 0.3) is 0 Å². The maximum absolute atomic E-state index is 12.5. The number of hydrogen-bond acceptors (Lipinski definition) is 2. The highest BCUT2D eigenvalue weighted by molar-refractivity contribution is 5.89. The molecule has 0 unspecified atom stereocenters. The lowest BCUT2D eigenvalue weighted by Crippen LogP contribution is -2.77. The lowest BCUT2D eigenvalue weighted by molar-refractivity contribution is -0.556. The maximum atomic E-state index is 12.5. The van der Waals surface area contributed by atoms with Gasteiger partial charge in [0.15, 0.2) is 11.8 Å². The van der Waals surface area contributed by atoms with Gasteiger partial charge in [0, 0.05) is 18.8 Å². The van der Waals surface area contributed by atoms with Crippen molar-refractivity contribution >= 4 is 5.78 Å². The Bertz CT molecular complexity index is 642. The lowest BCUT2D eigenvalue weighted by Gasteiger charge is -2.57. The molecule has 132 valence electrons. The van der Waals surface area contributed by atoms with Crippen molar-refractivity contribution in [1.29, 1.82) is 0 Å². The highest BCUT2D eigenvalue weighted by Gasteiger charge is 2.82. The first-order valence-corrected chi connectivity index (χ1v) is 10.1.